The zero-order valence-electron chi connectivity index (χ0n) is 20.1. The number of piperazine rings is 1. The molecule has 0 radical (unpaired) electrons. The number of carbonyl (C=O) groups excluding carboxylic acids is 1. The summed E-state index contributed by atoms with van der Waals surface area (Å²) in [5.41, 5.74) is 1.20. The van der Waals surface area contributed by atoms with Crippen LogP contribution in [0.3, 0.4) is 0 Å². The normalized spacial score (nSPS) is 18.5. The van der Waals surface area contributed by atoms with E-state index in [1.807, 2.05) is 11.0 Å². The van der Waals surface area contributed by atoms with Gasteiger partial charge in [-0.3, -0.25) is 9.69 Å². The Bertz CT molecular complexity index is 947. The number of alkyl halides is 2. The molecule has 0 spiro atoms. The van der Waals surface area contributed by atoms with Gasteiger partial charge in [0.15, 0.2) is 0 Å². The molecule has 4 rings (SSSR count). The van der Waals surface area contributed by atoms with Crippen LogP contribution in [0, 0.1) is 0 Å². The first-order valence-electron chi connectivity index (χ1n) is 12.6. The molecule has 2 heterocycles. The van der Waals surface area contributed by atoms with Gasteiger partial charge in [-0.15, -0.1) is 11.3 Å². The van der Waals surface area contributed by atoms with Gasteiger partial charge in [0.25, 0.3) is 5.92 Å². The lowest BCUT2D eigenvalue weighted by atomic mass is 9.94. The molecule has 5 nitrogen and oxygen atoms in total. The second kappa shape index (κ2) is 11.3. The molecule has 8 heteroatoms. The third kappa shape index (κ3) is 6.07. The van der Waals surface area contributed by atoms with Crippen LogP contribution in [-0.4, -0.2) is 72.7 Å². The Kier molecular flexibility index (Phi) is 8.43. The van der Waals surface area contributed by atoms with Gasteiger partial charge >= 0.3 is 0 Å². The van der Waals surface area contributed by atoms with Crippen molar-refractivity contribution in [3.63, 3.8) is 0 Å². The van der Waals surface area contributed by atoms with Gasteiger partial charge in [0, 0.05) is 73.1 Å². The lowest BCUT2D eigenvalue weighted by molar-refractivity contribution is -0.135. The molecular formula is C26H37F2N3O2S. The molecule has 1 aromatic heterocycles. The summed E-state index contributed by atoms with van der Waals surface area (Å²) in [4.78, 5) is 19.5. The molecule has 1 aromatic carbocycles. The van der Waals surface area contributed by atoms with E-state index in [2.05, 4.69) is 15.2 Å². The van der Waals surface area contributed by atoms with Crippen LogP contribution in [0.1, 0.15) is 57.4 Å². The maximum Gasteiger partial charge on any atom is 0.270 e. The number of thiophene rings is 1. The van der Waals surface area contributed by atoms with Crippen molar-refractivity contribution in [3.05, 3.63) is 29.1 Å². The van der Waals surface area contributed by atoms with Gasteiger partial charge in [-0.05, 0) is 31.9 Å². The summed E-state index contributed by atoms with van der Waals surface area (Å²) in [6, 6.07) is 5.29. The Morgan fingerprint density at radius 2 is 1.91 bits per heavy atom. The van der Waals surface area contributed by atoms with Crippen molar-refractivity contribution >= 4 is 33.0 Å². The van der Waals surface area contributed by atoms with E-state index in [9.17, 15) is 18.7 Å². The van der Waals surface area contributed by atoms with Gasteiger partial charge in [0.2, 0.25) is 5.91 Å². The van der Waals surface area contributed by atoms with Crippen LogP contribution in [0.15, 0.2) is 23.6 Å². The van der Waals surface area contributed by atoms with Crippen molar-refractivity contribution in [1.29, 1.82) is 0 Å². The molecular weight excluding hydrogens is 456 g/mol. The fourth-order valence-corrected chi connectivity index (χ4v) is 6.36. The summed E-state index contributed by atoms with van der Waals surface area (Å²) < 4.78 is 28.2. The van der Waals surface area contributed by atoms with E-state index in [0.717, 1.165) is 74.7 Å². The van der Waals surface area contributed by atoms with Gasteiger partial charge in [-0.2, -0.15) is 0 Å². The Balaban J connectivity index is 1.25. The summed E-state index contributed by atoms with van der Waals surface area (Å²) in [5.74, 6) is -2.64. The number of aliphatic hydroxyl groups is 1. The highest BCUT2D eigenvalue weighted by Crippen LogP contribution is 2.37. The van der Waals surface area contributed by atoms with Gasteiger partial charge < -0.3 is 14.9 Å². The summed E-state index contributed by atoms with van der Waals surface area (Å²) in [5, 5.41) is 12.6. The van der Waals surface area contributed by atoms with Crippen molar-refractivity contribution in [3.8, 4) is 0 Å². The van der Waals surface area contributed by atoms with Crippen molar-refractivity contribution in [2.75, 3.05) is 50.8 Å². The average Bonchev–Trinajstić information content (AvgIpc) is 3.26. The number of fused-ring (bicyclic) bond motifs is 1. The third-order valence-electron chi connectivity index (χ3n) is 7.32. The molecule has 1 aliphatic carbocycles. The van der Waals surface area contributed by atoms with E-state index < -0.39 is 5.92 Å². The number of rotatable bonds is 9. The molecule has 0 unspecified atom stereocenters. The minimum Gasteiger partial charge on any atom is -0.395 e. The van der Waals surface area contributed by atoms with Gasteiger partial charge in [0.1, 0.15) is 0 Å². The molecule has 0 bridgehead atoms. The van der Waals surface area contributed by atoms with Crippen molar-refractivity contribution in [2.45, 2.75) is 63.8 Å². The largest absolute Gasteiger partial charge is 0.395 e. The van der Waals surface area contributed by atoms with Crippen LogP contribution >= 0.6 is 11.3 Å². The molecule has 34 heavy (non-hydrogen) atoms. The van der Waals surface area contributed by atoms with Crippen molar-refractivity contribution in [1.82, 2.24) is 9.80 Å². The first-order chi connectivity index (χ1) is 16.4. The number of anilines is 1. The monoisotopic (exact) mass is 493 g/mol. The Morgan fingerprint density at radius 1 is 1.18 bits per heavy atom. The smallest absolute Gasteiger partial charge is 0.270 e. The van der Waals surface area contributed by atoms with E-state index in [1.54, 1.807) is 12.1 Å². The summed E-state index contributed by atoms with van der Waals surface area (Å²) >= 11 is 1.53. The third-order valence-corrected chi connectivity index (χ3v) is 8.25. The zero-order chi connectivity index (χ0) is 24.1. The Morgan fingerprint density at radius 3 is 2.59 bits per heavy atom. The minimum absolute atomic E-state index is 0.0314. The number of benzene rings is 1. The van der Waals surface area contributed by atoms with Crippen molar-refractivity contribution in [2.24, 2.45) is 0 Å². The van der Waals surface area contributed by atoms with Crippen LogP contribution in [0.5, 0.6) is 0 Å². The lowest BCUT2D eigenvalue weighted by Gasteiger charge is -2.36. The van der Waals surface area contributed by atoms with E-state index in [-0.39, 0.29) is 18.1 Å². The van der Waals surface area contributed by atoms with Crippen LogP contribution in [0.2, 0.25) is 0 Å². The molecule has 0 atom stereocenters. The molecule has 2 aliphatic rings. The number of carbonyl (C=O) groups is 1. The quantitative estimate of drug-likeness (QED) is 0.530. The second-order valence-corrected chi connectivity index (χ2v) is 10.7. The predicted octanol–water partition coefficient (Wildman–Crippen LogP) is 5.07. The number of nitrogens with zero attached hydrogens (tertiary/aromatic N) is 3. The first kappa shape index (κ1) is 25.3. The Labute approximate surface area is 205 Å². The molecule has 1 saturated heterocycles. The lowest BCUT2D eigenvalue weighted by Crippen LogP contribution is -2.47. The summed E-state index contributed by atoms with van der Waals surface area (Å²) in [7, 11) is 0. The van der Waals surface area contributed by atoms with Gasteiger partial charge in [-0.1, -0.05) is 31.4 Å². The number of amides is 1. The number of aliphatic hydroxyl groups excluding tert-OH is 1. The summed E-state index contributed by atoms with van der Waals surface area (Å²) in [6.07, 6.45) is 7.10. The highest BCUT2D eigenvalue weighted by molar-refractivity contribution is 7.17. The van der Waals surface area contributed by atoms with Crippen LogP contribution in [-0.2, 0) is 10.7 Å². The number of hydrogen-bond donors (Lipinski definition) is 1. The Hall–Kier alpha value is -1.77. The van der Waals surface area contributed by atoms with Crippen LogP contribution in [0.25, 0.3) is 10.1 Å². The van der Waals surface area contributed by atoms with Crippen LogP contribution < -0.4 is 4.90 Å². The highest BCUT2D eigenvalue weighted by Gasteiger charge is 2.27. The molecule has 188 valence electrons. The van der Waals surface area contributed by atoms with E-state index in [1.165, 1.54) is 30.6 Å². The molecule has 2 aromatic rings. The number of hydrogen-bond acceptors (Lipinski definition) is 5. The number of halogens is 2. The molecule has 1 amide bonds. The van der Waals surface area contributed by atoms with Crippen LogP contribution in [0.4, 0.5) is 14.5 Å². The van der Waals surface area contributed by atoms with Gasteiger partial charge in [-0.25, -0.2) is 8.78 Å². The maximum absolute atomic E-state index is 13.7. The fraction of sp³-hybridized carbons (Fsp3) is 0.654. The first-order valence-corrected chi connectivity index (χ1v) is 13.5. The highest BCUT2D eigenvalue weighted by atomic mass is 32.1. The molecule has 1 aliphatic heterocycles. The fourth-order valence-electron chi connectivity index (χ4n) is 5.35. The van der Waals surface area contributed by atoms with Gasteiger partial charge in [0.05, 0.1) is 12.3 Å². The SMILES string of the molecule is CC(F)(F)c1ccc2c(N3CCN(CCCC(=O)N(CCO)C4CCCCC4)CC3)csc2c1. The maximum atomic E-state index is 13.7. The zero-order valence-corrected chi connectivity index (χ0v) is 21.0. The average molecular weight is 494 g/mol. The topological polar surface area (TPSA) is 47.0 Å². The summed E-state index contributed by atoms with van der Waals surface area (Å²) in [6.45, 7) is 5.97. The molecule has 2 fully saturated rings. The van der Waals surface area contributed by atoms with E-state index in [0.29, 0.717) is 19.0 Å². The second-order valence-electron chi connectivity index (χ2n) is 9.76. The minimum atomic E-state index is -2.82. The van der Waals surface area contributed by atoms with E-state index in [4.69, 9.17) is 0 Å². The standard InChI is InChI=1S/C26H37F2N3O2S/c1-26(27,28)20-9-10-22-23(19-34-24(22)18-20)30-14-12-29(13-15-30)11-5-8-25(33)31(16-17-32)21-6-3-2-4-7-21/h9-10,18-19,21,32H,2-8,11-17H2,1H3. The predicted molar refractivity (Wildman–Crippen MR) is 135 cm³/mol. The molecule has 1 saturated carbocycles. The van der Waals surface area contributed by atoms with Crippen molar-refractivity contribution < 1.29 is 18.7 Å². The molecule has 1 N–H and O–H groups in total. The van der Waals surface area contributed by atoms with E-state index >= 15 is 0 Å².